The first-order chi connectivity index (χ1) is 11.4. The molecule has 2 rings (SSSR count). The number of hydrogen-bond acceptors (Lipinski definition) is 6. The van der Waals surface area contributed by atoms with Gasteiger partial charge in [0.2, 0.25) is 0 Å². The molecular weight excluding hydrogens is 331 g/mol. The number of rotatable bonds is 6. The number of nitrogens with zero attached hydrogens (tertiary/aromatic N) is 2. The maximum atomic E-state index is 10.5. The minimum atomic E-state index is -1.25. The predicted octanol–water partition coefficient (Wildman–Crippen LogP) is -1.24. The fourth-order valence-electron chi connectivity index (χ4n) is 2.12. The third kappa shape index (κ3) is 5.85. The van der Waals surface area contributed by atoms with Crippen LogP contribution in [0, 0.1) is 20.8 Å². The summed E-state index contributed by atoms with van der Waals surface area (Å²) in [5.41, 5.74) is 4.03. The molecular formula is C18H19N2NaO4. The summed E-state index contributed by atoms with van der Waals surface area (Å²) in [6.07, 6.45) is 2.39. The molecule has 2 aromatic rings. The van der Waals surface area contributed by atoms with Crippen LogP contribution in [0.4, 0.5) is 0 Å². The van der Waals surface area contributed by atoms with Gasteiger partial charge in [0.05, 0.1) is 35.9 Å². The van der Waals surface area contributed by atoms with Gasteiger partial charge in [-0.1, -0.05) is 12.1 Å². The van der Waals surface area contributed by atoms with Gasteiger partial charge in [-0.3, -0.25) is 9.97 Å². The molecule has 0 spiro atoms. The van der Waals surface area contributed by atoms with Gasteiger partial charge in [0.1, 0.15) is 6.61 Å². The van der Waals surface area contributed by atoms with Crippen LogP contribution >= 0.6 is 0 Å². The number of aliphatic carboxylic acids is 1. The molecule has 0 aliphatic carbocycles. The summed E-state index contributed by atoms with van der Waals surface area (Å²) >= 11 is 0. The topological polar surface area (TPSA) is 84.4 Å². The summed E-state index contributed by atoms with van der Waals surface area (Å²) < 4.78 is 11.1. The van der Waals surface area contributed by atoms with Gasteiger partial charge >= 0.3 is 29.6 Å². The van der Waals surface area contributed by atoms with E-state index in [4.69, 9.17) is 9.47 Å². The van der Waals surface area contributed by atoms with Gasteiger partial charge in [0.25, 0.3) is 0 Å². The first-order valence-corrected chi connectivity index (χ1v) is 7.41. The predicted molar refractivity (Wildman–Crippen MR) is 87.6 cm³/mol. The summed E-state index contributed by atoms with van der Waals surface area (Å²) in [6, 6.07) is 5.14. The Morgan fingerprint density at radius 2 is 1.80 bits per heavy atom. The smallest absolute Gasteiger partial charge is 0.545 e. The Morgan fingerprint density at radius 1 is 1.12 bits per heavy atom. The summed E-state index contributed by atoms with van der Waals surface area (Å²) in [4.78, 5) is 19.4. The number of benzene rings is 1. The second-order valence-corrected chi connectivity index (χ2v) is 5.28. The third-order valence-corrected chi connectivity index (χ3v) is 3.54. The van der Waals surface area contributed by atoms with Crippen LogP contribution in [0.25, 0.3) is 6.08 Å². The van der Waals surface area contributed by atoms with E-state index in [0.29, 0.717) is 17.1 Å². The van der Waals surface area contributed by atoms with Crippen molar-refractivity contribution in [2.24, 2.45) is 0 Å². The Balaban J connectivity index is 0.00000312. The van der Waals surface area contributed by atoms with Crippen LogP contribution in [0.1, 0.15) is 28.3 Å². The van der Waals surface area contributed by atoms with E-state index in [1.807, 2.05) is 20.8 Å². The number of ether oxygens (including phenoxy) is 2. The summed E-state index contributed by atoms with van der Waals surface area (Å²) in [5, 5.41) is 10.5. The first-order valence-electron chi connectivity index (χ1n) is 7.41. The minimum Gasteiger partial charge on any atom is -0.545 e. The van der Waals surface area contributed by atoms with Crippen molar-refractivity contribution in [3.05, 3.63) is 52.6 Å². The number of carbonyl (C=O) groups is 1. The molecule has 0 aliphatic rings. The molecule has 0 N–H and O–H groups in total. The molecule has 25 heavy (non-hydrogen) atoms. The van der Waals surface area contributed by atoms with Crippen LogP contribution in [0.3, 0.4) is 0 Å². The van der Waals surface area contributed by atoms with Crippen molar-refractivity contribution in [2.75, 3.05) is 7.11 Å². The monoisotopic (exact) mass is 350 g/mol. The Hall–Kier alpha value is -1.89. The summed E-state index contributed by atoms with van der Waals surface area (Å²) in [6.45, 7) is 5.99. The fraction of sp³-hybridized carbons (Fsp3) is 0.278. The number of carboxylic acids is 1. The van der Waals surface area contributed by atoms with Gasteiger partial charge in [0.15, 0.2) is 11.5 Å². The molecule has 0 saturated carbocycles. The van der Waals surface area contributed by atoms with Crippen molar-refractivity contribution >= 4 is 12.0 Å². The van der Waals surface area contributed by atoms with Gasteiger partial charge in [0, 0.05) is 0 Å². The zero-order chi connectivity index (χ0) is 17.7. The Bertz CT molecular complexity index is 791. The molecule has 0 radical (unpaired) electrons. The number of carbonyl (C=O) groups excluding carboxylic acids is 1. The largest absolute Gasteiger partial charge is 1.00 e. The van der Waals surface area contributed by atoms with Crippen molar-refractivity contribution in [2.45, 2.75) is 27.4 Å². The average molecular weight is 350 g/mol. The van der Waals surface area contributed by atoms with Crippen LogP contribution in [0.5, 0.6) is 11.5 Å². The maximum Gasteiger partial charge on any atom is 1.00 e. The van der Waals surface area contributed by atoms with Crippen molar-refractivity contribution < 1.29 is 48.9 Å². The van der Waals surface area contributed by atoms with Crippen LogP contribution in [-0.2, 0) is 11.4 Å². The molecule has 6 nitrogen and oxygen atoms in total. The van der Waals surface area contributed by atoms with Gasteiger partial charge in [-0.15, -0.1) is 0 Å². The molecule has 0 aliphatic heterocycles. The molecule has 0 atom stereocenters. The Kier molecular flexibility index (Phi) is 8.09. The molecule has 0 bridgehead atoms. The van der Waals surface area contributed by atoms with Gasteiger partial charge in [-0.2, -0.15) is 0 Å². The van der Waals surface area contributed by atoms with E-state index in [1.54, 1.807) is 18.2 Å². The fourth-order valence-corrected chi connectivity index (χ4v) is 2.12. The molecule has 0 fully saturated rings. The van der Waals surface area contributed by atoms with E-state index in [9.17, 15) is 9.90 Å². The van der Waals surface area contributed by atoms with Gasteiger partial charge < -0.3 is 19.4 Å². The van der Waals surface area contributed by atoms with Crippen molar-refractivity contribution in [1.82, 2.24) is 9.97 Å². The number of carboxylic acid groups (broad SMARTS) is 1. The van der Waals surface area contributed by atoms with Crippen LogP contribution < -0.4 is 44.1 Å². The van der Waals surface area contributed by atoms with Crippen LogP contribution in [0.15, 0.2) is 24.3 Å². The molecule has 126 valence electrons. The number of aryl methyl sites for hydroxylation is 3. The standard InChI is InChI=1S/C18H20N2O4.Na/c1-11-12(2)20-15(13(3)19-11)10-24-16-7-5-14(6-8-18(21)22)9-17(16)23-4;/h5-9H,10H2,1-4H3,(H,21,22);/q;+1/p-1/b8-6+;. The molecule has 1 aromatic heterocycles. The number of methoxy groups -OCH3 is 1. The second-order valence-electron chi connectivity index (χ2n) is 5.28. The van der Waals surface area contributed by atoms with Crippen LogP contribution in [0.2, 0.25) is 0 Å². The first kappa shape index (κ1) is 21.2. The second kappa shape index (κ2) is 9.56. The molecule has 0 unspecified atom stereocenters. The van der Waals surface area contributed by atoms with E-state index < -0.39 is 5.97 Å². The van der Waals surface area contributed by atoms with Crippen molar-refractivity contribution in [3.63, 3.8) is 0 Å². The SMILES string of the molecule is COc1cc(/C=C/C(=O)[O-])ccc1OCc1nc(C)c(C)nc1C.[Na+]. The van der Waals surface area contributed by atoms with Crippen molar-refractivity contribution in [3.8, 4) is 11.5 Å². The van der Waals surface area contributed by atoms with Crippen LogP contribution in [-0.4, -0.2) is 23.0 Å². The average Bonchev–Trinajstić information content (AvgIpc) is 2.55. The molecule has 0 saturated heterocycles. The van der Waals surface area contributed by atoms with E-state index in [-0.39, 0.29) is 36.2 Å². The summed E-state index contributed by atoms with van der Waals surface area (Å²) in [7, 11) is 1.52. The normalized spacial score (nSPS) is 10.4. The molecule has 1 aromatic carbocycles. The summed E-state index contributed by atoms with van der Waals surface area (Å²) in [5.74, 6) is -0.203. The Labute approximate surface area is 169 Å². The van der Waals surface area contributed by atoms with Gasteiger partial charge in [-0.05, 0) is 44.5 Å². The van der Waals surface area contributed by atoms with E-state index >= 15 is 0 Å². The van der Waals surface area contributed by atoms with E-state index in [0.717, 1.165) is 28.9 Å². The number of hydrogen-bond donors (Lipinski definition) is 0. The molecule has 7 heteroatoms. The number of aromatic nitrogens is 2. The van der Waals surface area contributed by atoms with E-state index in [2.05, 4.69) is 9.97 Å². The minimum absolute atomic E-state index is 0. The van der Waals surface area contributed by atoms with Gasteiger partial charge in [-0.25, -0.2) is 0 Å². The molecule has 0 amide bonds. The van der Waals surface area contributed by atoms with E-state index in [1.165, 1.54) is 13.2 Å². The van der Waals surface area contributed by atoms with Crippen molar-refractivity contribution in [1.29, 1.82) is 0 Å². The zero-order valence-corrected chi connectivity index (χ0v) is 17.1. The molecule has 1 heterocycles. The maximum absolute atomic E-state index is 10.5. The Morgan fingerprint density at radius 3 is 2.44 bits per heavy atom. The third-order valence-electron chi connectivity index (χ3n) is 3.54. The zero-order valence-electron chi connectivity index (χ0n) is 15.1. The quantitative estimate of drug-likeness (QED) is 0.478.